The molecular weight excluding hydrogens is 458 g/mol. The zero-order valence-electron chi connectivity index (χ0n) is 20.9. The van der Waals surface area contributed by atoms with Crippen LogP contribution in [0.3, 0.4) is 0 Å². The standard InChI is InChI=1S/C26H35N7O3/c1-36-17-16-32(12-3-2-7-21-9-8-20-6-4-11-27-25(20)30-21)15-10-22(26(34)35)31-23-18-24(29-19-28-23)33-13-5-14-33/h5,8-9,13-14,18-19,22H,2-4,6-7,10-12,15-17H2,1H3,(H2-,27,28,29,30,31,34,35)/p+1/t22-/m0/s1. The molecule has 4 rings (SSSR count). The second kappa shape index (κ2) is 13.1. The molecule has 1 atom stereocenters. The van der Waals surface area contributed by atoms with Crippen molar-refractivity contribution < 1.29 is 19.2 Å². The van der Waals surface area contributed by atoms with Gasteiger partial charge in [-0.05, 0) is 61.7 Å². The molecule has 0 aromatic carbocycles. The van der Waals surface area contributed by atoms with Gasteiger partial charge in [0.2, 0.25) is 6.33 Å². The Morgan fingerprint density at radius 3 is 2.94 bits per heavy atom. The average Bonchev–Trinajstić information content (AvgIpc) is 2.85. The summed E-state index contributed by atoms with van der Waals surface area (Å²) in [6, 6.07) is 5.35. The molecule has 0 unspecified atom stereocenters. The average molecular weight is 495 g/mol. The first-order valence-electron chi connectivity index (χ1n) is 12.7. The van der Waals surface area contributed by atoms with E-state index in [4.69, 9.17) is 9.72 Å². The van der Waals surface area contributed by atoms with Gasteiger partial charge in [0.1, 0.15) is 17.7 Å². The molecule has 2 aromatic heterocycles. The molecule has 2 aliphatic heterocycles. The van der Waals surface area contributed by atoms with Crippen LogP contribution >= 0.6 is 0 Å². The van der Waals surface area contributed by atoms with E-state index in [0.717, 1.165) is 56.8 Å². The third-order valence-electron chi connectivity index (χ3n) is 6.49. The van der Waals surface area contributed by atoms with Crippen molar-refractivity contribution in [3.63, 3.8) is 0 Å². The van der Waals surface area contributed by atoms with Crippen molar-refractivity contribution >= 4 is 29.6 Å². The third-order valence-corrected chi connectivity index (χ3v) is 6.49. The Balaban J connectivity index is 1.25. The van der Waals surface area contributed by atoms with E-state index in [2.05, 4.69) is 37.6 Å². The maximum Gasteiger partial charge on any atom is 0.333 e. The number of methoxy groups -OCH3 is 1. The molecule has 0 bridgehead atoms. The van der Waals surface area contributed by atoms with Gasteiger partial charge >= 0.3 is 11.8 Å². The third kappa shape index (κ3) is 7.32. The zero-order valence-corrected chi connectivity index (χ0v) is 20.9. The van der Waals surface area contributed by atoms with Crippen LogP contribution in [0.4, 0.5) is 17.5 Å². The van der Waals surface area contributed by atoms with E-state index in [1.165, 1.54) is 18.3 Å². The van der Waals surface area contributed by atoms with Crippen LogP contribution in [0, 0.1) is 0 Å². The Morgan fingerprint density at radius 2 is 2.17 bits per heavy atom. The van der Waals surface area contributed by atoms with Crippen molar-refractivity contribution in [1.29, 1.82) is 0 Å². The van der Waals surface area contributed by atoms with E-state index < -0.39 is 12.0 Å². The van der Waals surface area contributed by atoms with E-state index in [9.17, 15) is 9.90 Å². The minimum absolute atomic E-state index is 0.451. The molecule has 0 radical (unpaired) electrons. The number of fused-ring (bicyclic) bond motifs is 1. The molecule has 10 nitrogen and oxygen atoms in total. The Labute approximate surface area is 212 Å². The topological polar surface area (TPSA) is 116 Å². The Hall–Kier alpha value is -3.37. The highest BCUT2D eigenvalue weighted by Crippen LogP contribution is 2.20. The molecule has 4 heterocycles. The number of ether oxygens (including phenoxy) is 1. The SMILES string of the molecule is COCCN(CCCCc1ccc2c(n1)NCCC2)CC[C@H](Nc1cc([N+]2=CC=C2)ncn1)C(=O)O. The van der Waals surface area contributed by atoms with Gasteiger partial charge in [0.15, 0.2) is 0 Å². The summed E-state index contributed by atoms with van der Waals surface area (Å²) >= 11 is 0. The van der Waals surface area contributed by atoms with Crippen LogP contribution < -0.4 is 10.6 Å². The van der Waals surface area contributed by atoms with Crippen molar-refractivity contribution in [2.75, 3.05) is 50.5 Å². The van der Waals surface area contributed by atoms with E-state index >= 15 is 0 Å². The van der Waals surface area contributed by atoms with Gasteiger partial charge < -0.3 is 25.4 Å². The monoisotopic (exact) mass is 494 g/mol. The lowest BCUT2D eigenvalue weighted by Gasteiger charge is -2.24. The Kier molecular flexibility index (Phi) is 9.34. The first-order valence-corrected chi connectivity index (χ1v) is 12.7. The Morgan fingerprint density at radius 1 is 1.28 bits per heavy atom. The van der Waals surface area contributed by atoms with Gasteiger partial charge in [0.05, 0.1) is 25.1 Å². The number of carbonyl (C=O) groups is 1. The number of nitrogens with one attached hydrogen (secondary N) is 2. The van der Waals surface area contributed by atoms with E-state index in [0.29, 0.717) is 31.2 Å². The van der Waals surface area contributed by atoms with Gasteiger partial charge in [-0.1, -0.05) is 6.07 Å². The molecule has 2 aromatic rings. The molecule has 0 aliphatic carbocycles. The molecule has 0 saturated carbocycles. The summed E-state index contributed by atoms with van der Waals surface area (Å²) in [6.45, 7) is 3.90. The van der Waals surface area contributed by atoms with E-state index in [1.807, 2.05) is 23.1 Å². The smallest absolute Gasteiger partial charge is 0.333 e. The van der Waals surface area contributed by atoms with Crippen LogP contribution in [-0.4, -0.2) is 87.7 Å². The molecule has 192 valence electrons. The van der Waals surface area contributed by atoms with Crippen molar-refractivity contribution in [3.05, 3.63) is 48.1 Å². The van der Waals surface area contributed by atoms with Gasteiger partial charge in [-0.2, -0.15) is 4.98 Å². The minimum atomic E-state index is -0.899. The fraction of sp³-hybridized carbons (Fsp3) is 0.500. The zero-order chi connectivity index (χ0) is 25.2. The predicted molar refractivity (Wildman–Crippen MR) is 139 cm³/mol. The number of hydrogen-bond acceptors (Lipinski definition) is 8. The molecule has 0 saturated heterocycles. The lowest BCUT2D eigenvalue weighted by Crippen LogP contribution is -2.37. The van der Waals surface area contributed by atoms with Gasteiger partial charge in [-0.15, -0.1) is 0 Å². The van der Waals surface area contributed by atoms with Crippen LogP contribution in [0.5, 0.6) is 0 Å². The fourth-order valence-corrected chi connectivity index (χ4v) is 4.34. The van der Waals surface area contributed by atoms with Gasteiger partial charge in [0.25, 0.3) is 0 Å². The molecular formula is C26H36N7O3+. The highest BCUT2D eigenvalue weighted by Gasteiger charge is 2.21. The highest BCUT2D eigenvalue weighted by atomic mass is 16.5. The quantitative estimate of drug-likeness (QED) is 0.254. The Bertz CT molecular complexity index is 1090. The van der Waals surface area contributed by atoms with E-state index in [-0.39, 0.29) is 0 Å². The molecule has 0 spiro atoms. The summed E-state index contributed by atoms with van der Waals surface area (Å²) in [5, 5.41) is 16.3. The highest BCUT2D eigenvalue weighted by molar-refractivity contribution is 5.77. The number of hydrogen-bond donors (Lipinski definition) is 3. The first-order chi connectivity index (χ1) is 17.6. The normalized spacial score (nSPS) is 15.0. The summed E-state index contributed by atoms with van der Waals surface area (Å²) in [6.07, 6.45) is 12.8. The fourth-order valence-electron chi connectivity index (χ4n) is 4.34. The number of allylic oxidation sites excluding steroid dienone is 1. The molecule has 36 heavy (non-hydrogen) atoms. The number of aromatic nitrogens is 3. The van der Waals surface area contributed by atoms with Crippen LogP contribution in [0.15, 0.2) is 36.8 Å². The van der Waals surface area contributed by atoms with Gasteiger partial charge in [0, 0.05) is 38.5 Å². The number of anilines is 2. The number of carboxylic acid groups (broad SMARTS) is 1. The molecule has 2 aliphatic rings. The number of aliphatic carboxylic acids is 1. The van der Waals surface area contributed by atoms with Gasteiger partial charge in [-0.3, -0.25) is 0 Å². The largest absolute Gasteiger partial charge is 0.480 e. The number of nitrogens with zero attached hydrogens (tertiary/aromatic N) is 5. The van der Waals surface area contributed by atoms with Crippen molar-refractivity contribution in [2.45, 2.75) is 44.6 Å². The summed E-state index contributed by atoms with van der Waals surface area (Å²) in [7, 11) is 1.69. The van der Waals surface area contributed by atoms with Crippen molar-refractivity contribution in [1.82, 2.24) is 19.9 Å². The lowest BCUT2D eigenvalue weighted by molar-refractivity contribution is -0.369. The first kappa shape index (κ1) is 25.7. The predicted octanol–water partition coefficient (Wildman–Crippen LogP) is 2.70. The summed E-state index contributed by atoms with van der Waals surface area (Å²) < 4.78 is 7.13. The van der Waals surface area contributed by atoms with E-state index in [1.54, 1.807) is 13.2 Å². The summed E-state index contributed by atoms with van der Waals surface area (Å²) in [5.74, 6) is 1.34. The van der Waals surface area contributed by atoms with Crippen LogP contribution in [0.25, 0.3) is 0 Å². The van der Waals surface area contributed by atoms with Crippen LogP contribution in [-0.2, 0) is 22.4 Å². The van der Waals surface area contributed by atoms with Crippen molar-refractivity contribution in [2.24, 2.45) is 0 Å². The molecule has 3 N–H and O–H groups in total. The minimum Gasteiger partial charge on any atom is -0.480 e. The van der Waals surface area contributed by atoms with Crippen molar-refractivity contribution in [3.8, 4) is 0 Å². The van der Waals surface area contributed by atoms with Gasteiger partial charge in [-0.25, -0.2) is 14.4 Å². The second-order valence-electron chi connectivity index (χ2n) is 9.12. The molecule has 10 heteroatoms. The van der Waals surface area contributed by atoms with Crippen LogP contribution in [0.1, 0.15) is 36.9 Å². The number of aryl methyl sites for hydroxylation is 2. The number of unbranched alkanes of at least 4 members (excludes halogenated alkanes) is 1. The number of pyridine rings is 1. The maximum absolute atomic E-state index is 11.9. The molecule has 0 fully saturated rings. The van der Waals surface area contributed by atoms with Crippen LogP contribution in [0.2, 0.25) is 0 Å². The number of rotatable bonds is 15. The summed E-state index contributed by atoms with van der Waals surface area (Å²) in [4.78, 5) is 27.4. The summed E-state index contributed by atoms with van der Waals surface area (Å²) in [5.41, 5.74) is 2.43. The maximum atomic E-state index is 11.9. The lowest BCUT2D eigenvalue weighted by atomic mass is 10.1. The second-order valence-corrected chi connectivity index (χ2v) is 9.12. The molecule has 0 amide bonds. The number of carboxylic acids is 1.